The molecule has 8 saturated heterocycles. The number of carbonyl (C=O) groups excluding carboxylic acids is 11. The molecule has 127 heavy (non-hydrogen) atoms. The lowest BCUT2D eigenvalue weighted by molar-refractivity contribution is -0.184. The molecule has 12 bridgehead atoms. The van der Waals surface area contributed by atoms with Crippen LogP contribution >= 0.6 is 0 Å². The molecule has 0 aromatic heterocycles. The predicted molar refractivity (Wildman–Crippen MR) is 471 cm³/mol. The average Bonchev–Trinajstić information content (AvgIpc) is 1.54. The van der Waals surface area contributed by atoms with Crippen molar-refractivity contribution in [3.05, 3.63) is 0 Å². The second kappa shape index (κ2) is 40.8. The number of ether oxygens (including phenoxy) is 15. The number of cyclic esters (lactones) is 2. The van der Waals surface area contributed by atoms with Crippen LogP contribution in [0.15, 0.2) is 0 Å². The molecule has 0 radical (unpaired) electrons. The summed E-state index contributed by atoms with van der Waals surface area (Å²) in [5.74, 6) is 7.96. The highest BCUT2D eigenvalue weighted by Crippen LogP contribution is 2.73. The van der Waals surface area contributed by atoms with Crippen LogP contribution in [0.2, 0.25) is 0 Å². The first-order valence-corrected chi connectivity index (χ1v) is 49.0. The van der Waals surface area contributed by atoms with Crippen molar-refractivity contribution < 1.29 is 124 Å². The molecular formula is C101H162O26. The smallest absolute Gasteiger partial charge is 0.347 e. The van der Waals surface area contributed by atoms with Crippen molar-refractivity contribution in [3.8, 4) is 0 Å². The Balaban J connectivity index is 0.000000155. The molecule has 0 N–H and O–H groups in total. The number of hydrogen-bond donors (Lipinski definition) is 0. The van der Waals surface area contributed by atoms with Gasteiger partial charge in [-0.15, -0.1) is 0 Å². The fourth-order valence-electron chi connectivity index (χ4n) is 22.3. The Bertz CT molecular complexity index is 3650. The minimum Gasteiger partial charge on any atom is -0.465 e. The average molecular weight is 1790 g/mol. The van der Waals surface area contributed by atoms with Crippen LogP contribution in [0.5, 0.6) is 0 Å². The van der Waals surface area contributed by atoms with Crippen molar-refractivity contribution in [2.45, 2.75) is 406 Å². The molecule has 8 aliphatic heterocycles. The summed E-state index contributed by atoms with van der Waals surface area (Å²) >= 11 is 0. The number of rotatable bonds is 29. The second-order valence-electron chi connectivity index (χ2n) is 45.5. The summed E-state index contributed by atoms with van der Waals surface area (Å²) in [6.07, 6.45) is 20.3. The molecule has 26 heteroatoms. The SMILES string of the molecule is CCC(C)(C)C(=O)OC1(CC)CC2CC1C1C3CCC(C3)C21.CCC(C)(C)C(=O)OC1(CC)CC2CC1C1C3CCC(C3)C21.CCC(C)(C)C(=O)OC1C2CC3C(=O)OC1C3O2.CCC(C)(C)C(=O)OC1C2CC3C(=O)OC1C3O2.CCC(C)(C)C(=O)OC1CCOC1=O.CCC(C)(C)C(=O)OC1CCOC1=O.CCC(C)(C)C(=O)OCCCOCOCC(C)(C)C. The van der Waals surface area contributed by atoms with Gasteiger partial charge in [-0.1, -0.05) is 83.1 Å². The van der Waals surface area contributed by atoms with Crippen molar-refractivity contribution in [1.29, 1.82) is 0 Å². The number of esters is 11. The first-order chi connectivity index (χ1) is 59.3. The van der Waals surface area contributed by atoms with Gasteiger partial charge in [-0.3, -0.25) is 43.2 Å². The first-order valence-electron chi connectivity index (χ1n) is 49.0. The summed E-state index contributed by atoms with van der Waals surface area (Å²) < 4.78 is 81.0. The fraction of sp³-hybridized carbons (Fsp3) is 0.891. The summed E-state index contributed by atoms with van der Waals surface area (Å²) in [5, 5.41) is 0. The van der Waals surface area contributed by atoms with Crippen LogP contribution in [0.3, 0.4) is 0 Å². The summed E-state index contributed by atoms with van der Waals surface area (Å²) in [6, 6.07) is 0. The van der Waals surface area contributed by atoms with Gasteiger partial charge in [0.15, 0.2) is 24.4 Å². The van der Waals surface area contributed by atoms with Gasteiger partial charge in [0.1, 0.15) is 30.2 Å². The maximum absolute atomic E-state index is 12.7. The molecule has 8 saturated carbocycles. The van der Waals surface area contributed by atoms with E-state index in [0.717, 1.165) is 104 Å². The normalized spacial score (nSPS) is 35.2. The highest BCUT2D eigenvalue weighted by molar-refractivity contribution is 5.84. The van der Waals surface area contributed by atoms with E-state index in [2.05, 4.69) is 48.5 Å². The molecule has 0 amide bonds. The molecule has 16 aliphatic rings. The van der Waals surface area contributed by atoms with Gasteiger partial charge in [-0.25, -0.2) is 9.59 Å². The summed E-state index contributed by atoms with van der Waals surface area (Å²) in [4.78, 5) is 129. The second-order valence-corrected chi connectivity index (χ2v) is 45.5. The molecule has 8 heterocycles. The molecule has 16 rings (SSSR count). The third-order valence-electron chi connectivity index (χ3n) is 33.3. The largest absolute Gasteiger partial charge is 0.465 e. The molecule has 8 aliphatic carbocycles. The zero-order valence-corrected chi connectivity index (χ0v) is 82.2. The maximum atomic E-state index is 12.7. The molecule has 0 spiro atoms. The highest BCUT2D eigenvalue weighted by Gasteiger charge is 2.71. The lowest BCUT2D eigenvalue weighted by Gasteiger charge is -2.46. The molecule has 722 valence electrons. The summed E-state index contributed by atoms with van der Waals surface area (Å²) in [6.45, 7) is 53.9. The van der Waals surface area contributed by atoms with Gasteiger partial charge in [0, 0.05) is 31.1 Å². The summed E-state index contributed by atoms with van der Waals surface area (Å²) in [7, 11) is 0. The Kier molecular flexibility index (Phi) is 33.2. The Morgan fingerprint density at radius 2 is 0.685 bits per heavy atom. The molecule has 0 aromatic carbocycles. The van der Waals surface area contributed by atoms with E-state index in [1.165, 1.54) is 51.4 Å². The quantitative estimate of drug-likeness (QED) is 0.0221. The van der Waals surface area contributed by atoms with Gasteiger partial charge in [0.25, 0.3) is 0 Å². The monoisotopic (exact) mass is 1790 g/mol. The molecule has 26 unspecified atom stereocenters. The molecule has 26 atom stereocenters. The molecule has 0 aromatic rings. The Labute approximate surface area is 758 Å². The fourth-order valence-corrected chi connectivity index (χ4v) is 22.3. The number of carbonyl (C=O) groups is 11. The van der Waals surface area contributed by atoms with E-state index >= 15 is 0 Å². The van der Waals surface area contributed by atoms with Gasteiger partial charge in [0.05, 0.1) is 95.0 Å². The van der Waals surface area contributed by atoms with Crippen molar-refractivity contribution >= 4 is 65.7 Å². The van der Waals surface area contributed by atoms with Crippen molar-refractivity contribution in [2.75, 3.05) is 39.8 Å². The predicted octanol–water partition coefficient (Wildman–Crippen LogP) is 17.7. The van der Waals surface area contributed by atoms with E-state index in [9.17, 15) is 52.7 Å². The third kappa shape index (κ3) is 22.4. The topological polar surface area (TPSA) is 326 Å². The Hall–Kier alpha value is -5.99. The lowest BCUT2D eigenvalue weighted by atomic mass is 9.65. The number of fused-ring (bicyclic) bond motifs is 20. The minimum atomic E-state index is -0.687. The van der Waals surface area contributed by atoms with E-state index in [-0.39, 0.29) is 117 Å². The lowest BCUT2D eigenvalue weighted by Crippen LogP contribution is -2.49. The molecule has 26 nitrogen and oxygen atoms in total. The van der Waals surface area contributed by atoms with Crippen molar-refractivity contribution in [1.82, 2.24) is 0 Å². The van der Waals surface area contributed by atoms with Crippen molar-refractivity contribution in [2.24, 2.45) is 126 Å². The van der Waals surface area contributed by atoms with Crippen LogP contribution in [0, 0.1) is 126 Å². The third-order valence-corrected chi connectivity index (χ3v) is 33.3. The van der Waals surface area contributed by atoms with Gasteiger partial charge < -0.3 is 71.1 Å². The van der Waals surface area contributed by atoms with Crippen LogP contribution in [-0.2, 0) is 124 Å². The van der Waals surface area contributed by atoms with E-state index in [4.69, 9.17) is 71.1 Å². The van der Waals surface area contributed by atoms with E-state index in [0.29, 0.717) is 109 Å². The standard InChI is InChI=1S/2C20H32O2.C15H30O4.2C13H18O5.2C10H16O4/c2*1-5-19(3,4)18(21)22-20(6-2)11-14-10-15(20)17-13-8-7-12(9-13)16(14)17;1-7-15(5,6)13(16)19-10-8-9-17-12-18-11-14(2,3)4;2*1-4-13(2,3)12(15)18-9-7-5-6-8(16-7)10(9)17-11(6)14;2*1-4-10(2,3)9(12)14-7-5-6-13-8(7)11/h2*12-17H,5-11H2,1-4H3;7-12H2,1-6H3;2*6-10H,4-5H2,1-3H3;2*7H,4-6H2,1-3H3. The first kappa shape index (κ1) is 103. The maximum Gasteiger partial charge on any atom is 0.347 e. The van der Waals surface area contributed by atoms with Crippen LogP contribution in [-0.4, -0.2) is 178 Å². The van der Waals surface area contributed by atoms with Gasteiger partial charge in [-0.2, -0.15) is 0 Å². The highest BCUT2D eigenvalue weighted by atomic mass is 16.7. The Morgan fingerprint density at radius 1 is 0.354 bits per heavy atom. The molecule has 16 fully saturated rings. The van der Waals surface area contributed by atoms with Gasteiger partial charge >= 0.3 is 65.7 Å². The van der Waals surface area contributed by atoms with E-state index < -0.39 is 75.6 Å². The summed E-state index contributed by atoms with van der Waals surface area (Å²) in [5.41, 5.74) is -3.23. The van der Waals surface area contributed by atoms with Crippen LogP contribution in [0.1, 0.15) is 334 Å². The minimum absolute atomic E-state index is 0.0455. The zero-order valence-electron chi connectivity index (χ0n) is 82.2. The van der Waals surface area contributed by atoms with Gasteiger partial charge in [-0.05, 0) is 296 Å². The zero-order chi connectivity index (χ0) is 94.0. The van der Waals surface area contributed by atoms with E-state index in [1.54, 1.807) is 27.7 Å². The van der Waals surface area contributed by atoms with E-state index in [1.807, 2.05) is 104 Å². The van der Waals surface area contributed by atoms with Crippen LogP contribution in [0.4, 0.5) is 0 Å². The van der Waals surface area contributed by atoms with Gasteiger partial charge in [0.2, 0.25) is 12.2 Å². The molecular weight excluding hydrogens is 1630 g/mol. The van der Waals surface area contributed by atoms with Crippen molar-refractivity contribution in [3.63, 3.8) is 0 Å². The van der Waals surface area contributed by atoms with Crippen LogP contribution < -0.4 is 0 Å². The Morgan fingerprint density at radius 3 is 1.01 bits per heavy atom. The number of hydrogen-bond acceptors (Lipinski definition) is 26. The van der Waals surface area contributed by atoms with Crippen LogP contribution in [0.25, 0.3) is 0 Å².